The number of para-hydroxylation sites is 1. The van der Waals surface area contributed by atoms with Crippen LogP contribution < -0.4 is 9.47 Å². The highest BCUT2D eigenvalue weighted by Crippen LogP contribution is 2.30. The molecule has 0 saturated heterocycles. The molecule has 3 nitrogen and oxygen atoms in total. The van der Waals surface area contributed by atoms with Crippen LogP contribution in [0.4, 0.5) is 0 Å². The van der Waals surface area contributed by atoms with Crippen LogP contribution in [0.2, 0.25) is 0 Å². The van der Waals surface area contributed by atoms with E-state index in [2.05, 4.69) is 0 Å². The molecule has 0 amide bonds. The number of ether oxygens (including phenoxy) is 2. The van der Waals surface area contributed by atoms with Crippen molar-refractivity contribution in [1.29, 1.82) is 0 Å². The Morgan fingerprint density at radius 1 is 0.857 bits per heavy atom. The normalized spacial score (nSPS) is 10.3. The van der Waals surface area contributed by atoms with Crippen molar-refractivity contribution in [1.82, 2.24) is 0 Å². The van der Waals surface area contributed by atoms with Crippen LogP contribution in [0.25, 0.3) is 10.8 Å². The van der Waals surface area contributed by atoms with E-state index in [9.17, 15) is 4.79 Å². The fraction of sp³-hybridized carbons (Fsp3) is 0.0556. The maximum absolute atomic E-state index is 12.3. The molecule has 0 atom stereocenters. The van der Waals surface area contributed by atoms with Crippen molar-refractivity contribution in [3.63, 3.8) is 0 Å². The summed E-state index contributed by atoms with van der Waals surface area (Å²) in [6.45, 7) is 0. The van der Waals surface area contributed by atoms with Gasteiger partial charge < -0.3 is 9.47 Å². The van der Waals surface area contributed by atoms with E-state index in [4.69, 9.17) is 9.47 Å². The molecule has 0 heterocycles. The SMILES string of the molecule is COc1c(C(=O)Oc2ccccc2)ccc2ccccc12. The second kappa shape index (κ2) is 5.67. The fourth-order valence-corrected chi connectivity index (χ4v) is 2.27. The average Bonchev–Trinajstić information content (AvgIpc) is 2.54. The fourth-order valence-electron chi connectivity index (χ4n) is 2.27. The molecule has 21 heavy (non-hydrogen) atoms. The smallest absolute Gasteiger partial charge is 0.347 e. The molecular formula is C18H14O3. The van der Waals surface area contributed by atoms with Crippen molar-refractivity contribution >= 4 is 16.7 Å². The Kier molecular flexibility index (Phi) is 3.56. The zero-order chi connectivity index (χ0) is 14.7. The van der Waals surface area contributed by atoms with E-state index in [1.807, 2.05) is 48.5 Å². The van der Waals surface area contributed by atoms with Gasteiger partial charge in [-0.05, 0) is 23.6 Å². The topological polar surface area (TPSA) is 35.5 Å². The van der Waals surface area contributed by atoms with Crippen LogP contribution in [0, 0.1) is 0 Å². The van der Waals surface area contributed by atoms with Crippen molar-refractivity contribution in [2.75, 3.05) is 7.11 Å². The number of esters is 1. The van der Waals surface area contributed by atoms with Crippen LogP contribution in [0.3, 0.4) is 0 Å². The third-order valence-corrected chi connectivity index (χ3v) is 3.26. The summed E-state index contributed by atoms with van der Waals surface area (Å²) in [4.78, 5) is 12.3. The van der Waals surface area contributed by atoms with Gasteiger partial charge in [-0.1, -0.05) is 48.5 Å². The summed E-state index contributed by atoms with van der Waals surface area (Å²) in [5.74, 6) is 0.621. The van der Waals surface area contributed by atoms with Crippen molar-refractivity contribution in [2.45, 2.75) is 0 Å². The molecule has 0 fully saturated rings. The Hall–Kier alpha value is -2.81. The first kappa shape index (κ1) is 13.2. The molecule has 0 aliphatic rings. The predicted octanol–water partition coefficient (Wildman–Crippen LogP) is 4.07. The number of hydrogen-bond donors (Lipinski definition) is 0. The molecular weight excluding hydrogens is 264 g/mol. The Balaban J connectivity index is 2.02. The summed E-state index contributed by atoms with van der Waals surface area (Å²) in [7, 11) is 1.56. The summed E-state index contributed by atoms with van der Waals surface area (Å²) in [6, 6.07) is 20.4. The minimum atomic E-state index is -0.427. The van der Waals surface area contributed by atoms with Gasteiger partial charge in [-0.15, -0.1) is 0 Å². The van der Waals surface area contributed by atoms with Crippen molar-refractivity contribution in [3.8, 4) is 11.5 Å². The summed E-state index contributed by atoms with van der Waals surface area (Å²) in [6.07, 6.45) is 0. The van der Waals surface area contributed by atoms with Gasteiger partial charge >= 0.3 is 5.97 Å². The first-order chi connectivity index (χ1) is 10.3. The standard InChI is InChI=1S/C18H14O3/c1-20-17-15-10-6-5-7-13(15)11-12-16(17)18(19)21-14-8-3-2-4-9-14/h2-12H,1H3. The molecule has 104 valence electrons. The maximum Gasteiger partial charge on any atom is 0.347 e. The lowest BCUT2D eigenvalue weighted by molar-refractivity contribution is 0.0731. The van der Waals surface area contributed by atoms with E-state index in [1.165, 1.54) is 0 Å². The highest BCUT2D eigenvalue weighted by molar-refractivity contribution is 6.02. The molecule has 0 unspecified atom stereocenters. The lowest BCUT2D eigenvalue weighted by Gasteiger charge is -2.11. The minimum Gasteiger partial charge on any atom is -0.495 e. The second-order valence-corrected chi connectivity index (χ2v) is 4.57. The third kappa shape index (κ3) is 2.58. The third-order valence-electron chi connectivity index (χ3n) is 3.26. The van der Waals surface area contributed by atoms with E-state index >= 15 is 0 Å². The molecule has 0 aliphatic carbocycles. The van der Waals surface area contributed by atoms with Crippen LogP contribution in [0.5, 0.6) is 11.5 Å². The van der Waals surface area contributed by atoms with E-state index in [0.29, 0.717) is 17.1 Å². The number of carbonyl (C=O) groups excluding carboxylic acids is 1. The zero-order valence-corrected chi connectivity index (χ0v) is 11.6. The maximum atomic E-state index is 12.3. The molecule has 0 spiro atoms. The summed E-state index contributed by atoms with van der Waals surface area (Å²) >= 11 is 0. The van der Waals surface area contributed by atoms with Gasteiger partial charge in [0.25, 0.3) is 0 Å². The molecule has 0 aromatic heterocycles. The van der Waals surface area contributed by atoms with Gasteiger partial charge in [0.05, 0.1) is 7.11 Å². The Bertz CT molecular complexity index is 779. The molecule has 0 saturated carbocycles. The van der Waals surface area contributed by atoms with Gasteiger partial charge in [-0.2, -0.15) is 0 Å². The summed E-state index contributed by atoms with van der Waals surface area (Å²) in [5, 5.41) is 1.91. The molecule has 3 rings (SSSR count). The van der Waals surface area contributed by atoms with E-state index in [0.717, 1.165) is 10.8 Å². The lowest BCUT2D eigenvalue weighted by Crippen LogP contribution is -2.10. The second-order valence-electron chi connectivity index (χ2n) is 4.57. The number of carbonyl (C=O) groups is 1. The minimum absolute atomic E-state index is 0.417. The van der Waals surface area contributed by atoms with Crippen LogP contribution >= 0.6 is 0 Å². The van der Waals surface area contributed by atoms with Crippen LogP contribution in [-0.4, -0.2) is 13.1 Å². The lowest BCUT2D eigenvalue weighted by atomic mass is 10.1. The number of benzene rings is 3. The monoisotopic (exact) mass is 278 g/mol. The average molecular weight is 278 g/mol. The number of methoxy groups -OCH3 is 1. The Morgan fingerprint density at radius 3 is 2.33 bits per heavy atom. The quantitative estimate of drug-likeness (QED) is 0.535. The largest absolute Gasteiger partial charge is 0.495 e. The Labute approximate surface area is 122 Å². The van der Waals surface area contributed by atoms with Crippen molar-refractivity contribution in [2.24, 2.45) is 0 Å². The highest BCUT2D eigenvalue weighted by Gasteiger charge is 2.17. The Morgan fingerprint density at radius 2 is 1.57 bits per heavy atom. The van der Waals surface area contributed by atoms with E-state index in [-0.39, 0.29) is 0 Å². The number of rotatable bonds is 3. The molecule has 3 aromatic carbocycles. The molecule has 3 heteroatoms. The van der Waals surface area contributed by atoms with Crippen LogP contribution in [0.1, 0.15) is 10.4 Å². The van der Waals surface area contributed by atoms with Crippen LogP contribution in [-0.2, 0) is 0 Å². The zero-order valence-electron chi connectivity index (χ0n) is 11.6. The summed E-state index contributed by atoms with van der Waals surface area (Å²) in [5.41, 5.74) is 0.417. The molecule has 0 aliphatic heterocycles. The molecule has 0 N–H and O–H groups in total. The highest BCUT2D eigenvalue weighted by atomic mass is 16.5. The number of fused-ring (bicyclic) bond motifs is 1. The van der Waals surface area contributed by atoms with E-state index < -0.39 is 5.97 Å². The van der Waals surface area contributed by atoms with Crippen LogP contribution in [0.15, 0.2) is 66.7 Å². The molecule has 0 bridgehead atoms. The van der Waals surface area contributed by atoms with Gasteiger partial charge in [0.2, 0.25) is 0 Å². The van der Waals surface area contributed by atoms with Gasteiger partial charge in [0.1, 0.15) is 17.1 Å². The van der Waals surface area contributed by atoms with Gasteiger partial charge in [-0.3, -0.25) is 0 Å². The first-order valence-corrected chi connectivity index (χ1v) is 6.62. The summed E-state index contributed by atoms with van der Waals surface area (Å²) < 4.78 is 10.8. The van der Waals surface area contributed by atoms with Crippen molar-refractivity contribution < 1.29 is 14.3 Å². The van der Waals surface area contributed by atoms with E-state index in [1.54, 1.807) is 25.3 Å². The van der Waals surface area contributed by atoms with Gasteiger partial charge in [-0.25, -0.2) is 4.79 Å². The van der Waals surface area contributed by atoms with Crippen molar-refractivity contribution in [3.05, 3.63) is 72.3 Å². The van der Waals surface area contributed by atoms with Gasteiger partial charge in [0, 0.05) is 5.39 Å². The number of hydrogen-bond acceptors (Lipinski definition) is 3. The first-order valence-electron chi connectivity index (χ1n) is 6.62. The molecule has 0 radical (unpaired) electrons. The predicted molar refractivity (Wildman–Crippen MR) is 81.9 cm³/mol. The molecule has 3 aromatic rings. The van der Waals surface area contributed by atoms with Gasteiger partial charge in [0.15, 0.2) is 0 Å².